The predicted molar refractivity (Wildman–Crippen MR) is 89.8 cm³/mol. The lowest BCUT2D eigenvalue weighted by Gasteiger charge is -2.08. The van der Waals surface area contributed by atoms with E-state index in [4.69, 9.17) is 5.73 Å². The van der Waals surface area contributed by atoms with E-state index < -0.39 is 0 Å². The van der Waals surface area contributed by atoms with Crippen LogP contribution in [0.3, 0.4) is 0 Å². The molecular formula is C16H20N4S. The third kappa shape index (κ3) is 2.53. The molecule has 1 aromatic carbocycles. The molecule has 0 aliphatic rings. The van der Waals surface area contributed by atoms with Crippen LogP contribution in [0.5, 0.6) is 0 Å². The fraction of sp³-hybridized carbons (Fsp3) is 0.312. The summed E-state index contributed by atoms with van der Waals surface area (Å²) in [4.78, 5) is 1.23. The van der Waals surface area contributed by atoms with Gasteiger partial charge < -0.3 is 10.3 Å². The van der Waals surface area contributed by atoms with Crippen LogP contribution in [0, 0.1) is 0 Å². The first-order valence-electron chi connectivity index (χ1n) is 7.06. The number of nitrogens with two attached hydrogens (primary N) is 1. The second-order valence-electron chi connectivity index (χ2n) is 5.20. The quantitative estimate of drug-likeness (QED) is 0.594. The van der Waals surface area contributed by atoms with Crippen molar-refractivity contribution in [3.63, 3.8) is 0 Å². The summed E-state index contributed by atoms with van der Waals surface area (Å²) >= 11 is 1.73. The zero-order chi connectivity index (χ0) is 15.0. The number of aromatic nitrogens is 3. The Bertz CT molecular complexity index is 785. The minimum absolute atomic E-state index is 0.810. The minimum atomic E-state index is 0.810. The van der Waals surface area contributed by atoms with E-state index >= 15 is 0 Å². The van der Waals surface area contributed by atoms with Gasteiger partial charge in [-0.25, -0.2) is 0 Å². The van der Waals surface area contributed by atoms with Crippen molar-refractivity contribution >= 4 is 28.4 Å². The van der Waals surface area contributed by atoms with E-state index in [1.165, 1.54) is 21.5 Å². The van der Waals surface area contributed by atoms with Crippen molar-refractivity contribution < 1.29 is 0 Å². The molecule has 0 saturated heterocycles. The van der Waals surface area contributed by atoms with Gasteiger partial charge in [0.15, 0.2) is 0 Å². The van der Waals surface area contributed by atoms with E-state index in [1.807, 2.05) is 23.9 Å². The molecule has 0 unspecified atom stereocenters. The van der Waals surface area contributed by atoms with Crippen LogP contribution in [0.1, 0.15) is 18.3 Å². The Balaban J connectivity index is 2.04. The van der Waals surface area contributed by atoms with Gasteiger partial charge in [0.1, 0.15) is 0 Å². The lowest BCUT2D eigenvalue weighted by Crippen LogP contribution is -2.04. The number of rotatable bonds is 4. The molecule has 5 heteroatoms. The first-order chi connectivity index (χ1) is 10.1. The number of thioether (sulfide) groups is 1. The van der Waals surface area contributed by atoms with Crippen molar-refractivity contribution in [2.75, 3.05) is 12.0 Å². The number of hydrogen-bond donors (Lipinski definition) is 1. The average Bonchev–Trinajstić information content (AvgIpc) is 3.03. The Morgan fingerprint density at radius 1 is 1.29 bits per heavy atom. The van der Waals surface area contributed by atoms with Crippen LogP contribution >= 0.6 is 11.8 Å². The summed E-state index contributed by atoms with van der Waals surface area (Å²) in [5.41, 5.74) is 10.4. The van der Waals surface area contributed by atoms with E-state index in [9.17, 15) is 0 Å². The van der Waals surface area contributed by atoms with Gasteiger partial charge in [-0.3, -0.25) is 4.68 Å². The molecule has 4 nitrogen and oxygen atoms in total. The summed E-state index contributed by atoms with van der Waals surface area (Å²) in [5, 5.41) is 5.77. The van der Waals surface area contributed by atoms with Crippen LogP contribution in [-0.2, 0) is 20.0 Å². The maximum atomic E-state index is 6.03. The highest BCUT2D eigenvalue weighted by atomic mass is 32.2. The molecule has 0 spiro atoms. The Morgan fingerprint density at radius 3 is 2.76 bits per heavy atom. The van der Waals surface area contributed by atoms with Crippen LogP contribution < -0.4 is 5.73 Å². The normalized spacial score (nSPS) is 11.4. The maximum absolute atomic E-state index is 6.03. The van der Waals surface area contributed by atoms with Gasteiger partial charge in [-0.05, 0) is 36.9 Å². The van der Waals surface area contributed by atoms with Gasteiger partial charge in [-0.2, -0.15) is 5.10 Å². The molecule has 3 rings (SSSR count). The van der Waals surface area contributed by atoms with Crippen molar-refractivity contribution in [2.45, 2.75) is 24.8 Å². The van der Waals surface area contributed by atoms with Crippen molar-refractivity contribution in [3.8, 4) is 0 Å². The Labute approximate surface area is 128 Å². The summed E-state index contributed by atoms with van der Waals surface area (Å²) < 4.78 is 4.20. The molecule has 0 atom stereocenters. The van der Waals surface area contributed by atoms with Gasteiger partial charge >= 0.3 is 0 Å². The number of nitrogen functional groups attached to an aromatic ring is 1. The molecule has 21 heavy (non-hydrogen) atoms. The van der Waals surface area contributed by atoms with Gasteiger partial charge in [0.2, 0.25) is 0 Å². The molecule has 0 aliphatic carbocycles. The molecule has 0 bridgehead atoms. The second-order valence-corrected chi connectivity index (χ2v) is 6.05. The molecule has 0 aliphatic heterocycles. The molecule has 110 valence electrons. The first kappa shape index (κ1) is 14.1. The van der Waals surface area contributed by atoms with E-state index in [2.05, 4.69) is 41.2 Å². The largest absolute Gasteiger partial charge is 0.399 e. The molecule has 2 N–H and O–H groups in total. The van der Waals surface area contributed by atoms with E-state index in [0.29, 0.717) is 0 Å². The zero-order valence-electron chi connectivity index (χ0n) is 12.6. The Morgan fingerprint density at radius 2 is 2.10 bits per heavy atom. The van der Waals surface area contributed by atoms with Crippen molar-refractivity contribution in [3.05, 3.63) is 41.9 Å². The summed E-state index contributed by atoms with van der Waals surface area (Å²) in [5.74, 6) is 0. The highest BCUT2D eigenvalue weighted by molar-refractivity contribution is 7.98. The van der Waals surface area contributed by atoms with Gasteiger partial charge in [0, 0.05) is 29.2 Å². The topological polar surface area (TPSA) is 48.8 Å². The highest BCUT2D eigenvalue weighted by Gasteiger charge is 2.10. The molecule has 0 fully saturated rings. The molecule has 0 saturated carbocycles. The fourth-order valence-corrected chi connectivity index (χ4v) is 3.30. The summed E-state index contributed by atoms with van der Waals surface area (Å²) in [7, 11) is 2.00. The number of anilines is 1. The molecule has 0 radical (unpaired) electrons. The molecule has 3 aromatic rings. The molecular weight excluding hydrogens is 280 g/mol. The van der Waals surface area contributed by atoms with Gasteiger partial charge in [-0.1, -0.05) is 6.92 Å². The Hall–Kier alpha value is -1.88. The Kier molecular flexibility index (Phi) is 3.68. The van der Waals surface area contributed by atoms with Gasteiger partial charge in [0.25, 0.3) is 0 Å². The van der Waals surface area contributed by atoms with Crippen LogP contribution in [0.2, 0.25) is 0 Å². The van der Waals surface area contributed by atoms with E-state index in [1.54, 1.807) is 11.8 Å². The standard InChI is InChI=1S/C16H20N4S/c1-4-12-9-13(19(2)18-12)10-20-6-5-14-15(20)7-11(17)8-16(14)21-3/h5-9H,4,10,17H2,1-3H3. The smallest absolute Gasteiger partial charge is 0.0645 e. The average molecular weight is 300 g/mol. The monoisotopic (exact) mass is 300 g/mol. The highest BCUT2D eigenvalue weighted by Crippen LogP contribution is 2.30. The first-order valence-corrected chi connectivity index (χ1v) is 8.29. The van der Waals surface area contributed by atoms with E-state index in [0.717, 1.165) is 24.3 Å². The van der Waals surface area contributed by atoms with Gasteiger partial charge in [-0.15, -0.1) is 11.8 Å². The predicted octanol–water partition coefficient (Wildman–Crippen LogP) is 3.29. The minimum Gasteiger partial charge on any atom is -0.399 e. The summed E-state index contributed by atoms with van der Waals surface area (Å²) in [6.45, 7) is 2.94. The van der Waals surface area contributed by atoms with Crippen LogP contribution in [0.25, 0.3) is 10.9 Å². The number of benzene rings is 1. The van der Waals surface area contributed by atoms with Crippen molar-refractivity contribution in [2.24, 2.45) is 7.05 Å². The number of fused-ring (bicyclic) bond motifs is 1. The zero-order valence-corrected chi connectivity index (χ0v) is 13.4. The SMILES string of the molecule is CCc1cc(Cn2ccc3c(SC)cc(N)cc32)n(C)n1. The van der Waals surface area contributed by atoms with Crippen LogP contribution in [0.4, 0.5) is 5.69 Å². The maximum Gasteiger partial charge on any atom is 0.0645 e. The van der Waals surface area contributed by atoms with Crippen molar-refractivity contribution in [1.82, 2.24) is 14.3 Å². The van der Waals surface area contributed by atoms with Crippen LogP contribution in [0.15, 0.2) is 35.4 Å². The fourth-order valence-electron chi connectivity index (χ4n) is 2.66. The second kappa shape index (κ2) is 5.48. The van der Waals surface area contributed by atoms with E-state index in [-0.39, 0.29) is 0 Å². The number of aryl methyl sites for hydroxylation is 2. The molecule has 0 amide bonds. The molecule has 2 aromatic heterocycles. The third-order valence-electron chi connectivity index (χ3n) is 3.81. The lowest BCUT2D eigenvalue weighted by molar-refractivity contribution is 0.669. The third-order valence-corrected chi connectivity index (χ3v) is 4.59. The number of hydrogen-bond acceptors (Lipinski definition) is 3. The van der Waals surface area contributed by atoms with Gasteiger partial charge in [0.05, 0.1) is 23.4 Å². The van der Waals surface area contributed by atoms with Crippen molar-refractivity contribution in [1.29, 1.82) is 0 Å². The van der Waals surface area contributed by atoms with Crippen LogP contribution in [-0.4, -0.2) is 20.6 Å². The molecule has 2 heterocycles. The summed E-state index contributed by atoms with van der Waals surface area (Å²) in [6, 6.07) is 8.42. The lowest BCUT2D eigenvalue weighted by atomic mass is 10.2. The summed E-state index contributed by atoms with van der Waals surface area (Å²) in [6.07, 6.45) is 5.17. The number of nitrogens with zero attached hydrogens (tertiary/aromatic N) is 3.